The van der Waals surface area contributed by atoms with Gasteiger partial charge < -0.3 is 14.2 Å². The summed E-state index contributed by atoms with van der Waals surface area (Å²) < 4.78 is 15.4. The van der Waals surface area contributed by atoms with Crippen molar-refractivity contribution in [1.82, 2.24) is 0 Å². The molecule has 6 nitrogen and oxygen atoms in total. The molecule has 0 saturated carbocycles. The molecule has 0 aliphatic carbocycles. The first-order chi connectivity index (χ1) is 11.0. The van der Waals surface area contributed by atoms with Crippen LogP contribution in [0.25, 0.3) is 0 Å². The van der Waals surface area contributed by atoms with E-state index in [1.165, 1.54) is 0 Å². The van der Waals surface area contributed by atoms with Gasteiger partial charge in [0.2, 0.25) is 0 Å². The lowest BCUT2D eigenvalue weighted by atomic mass is 10.2. The minimum atomic E-state index is -0.745. The van der Waals surface area contributed by atoms with Crippen LogP contribution >= 0.6 is 0 Å². The van der Waals surface area contributed by atoms with Crippen molar-refractivity contribution in [3.8, 4) is 0 Å². The summed E-state index contributed by atoms with van der Waals surface area (Å²) in [4.78, 5) is 34.6. The van der Waals surface area contributed by atoms with Crippen molar-refractivity contribution in [2.24, 2.45) is 0 Å². The minimum Gasteiger partial charge on any atom is -0.462 e. The Morgan fingerprint density at radius 2 is 1.22 bits per heavy atom. The Kier molecular flexibility index (Phi) is 13.1. The Balaban J connectivity index is 4.27. The Morgan fingerprint density at radius 1 is 0.696 bits per heavy atom. The van der Waals surface area contributed by atoms with E-state index in [0.29, 0.717) is 25.7 Å². The maximum absolute atomic E-state index is 11.6. The molecule has 134 valence electrons. The van der Waals surface area contributed by atoms with E-state index in [2.05, 4.69) is 6.92 Å². The van der Waals surface area contributed by atoms with Crippen molar-refractivity contribution >= 4 is 17.9 Å². The van der Waals surface area contributed by atoms with E-state index < -0.39 is 6.10 Å². The van der Waals surface area contributed by atoms with Crippen LogP contribution in [0.15, 0.2) is 0 Å². The first-order valence-electron chi connectivity index (χ1n) is 8.54. The van der Waals surface area contributed by atoms with Crippen LogP contribution < -0.4 is 0 Å². The van der Waals surface area contributed by atoms with Crippen LogP contribution in [0.3, 0.4) is 0 Å². The number of ether oxygens (including phenoxy) is 3. The monoisotopic (exact) mass is 330 g/mol. The van der Waals surface area contributed by atoms with Gasteiger partial charge in [-0.1, -0.05) is 33.6 Å². The van der Waals surface area contributed by atoms with Gasteiger partial charge in [0.15, 0.2) is 6.10 Å². The quantitative estimate of drug-likeness (QED) is 0.293. The van der Waals surface area contributed by atoms with Crippen molar-refractivity contribution < 1.29 is 28.6 Å². The van der Waals surface area contributed by atoms with E-state index in [1.54, 1.807) is 0 Å². The van der Waals surface area contributed by atoms with Crippen LogP contribution in [0.4, 0.5) is 0 Å². The van der Waals surface area contributed by atoms with Crippen molar-refractivity contribution in [1.29, 1.82) is 0 Å². The first-order valence-corrected chi connectivity index (χ1v) is 8.54. The molecule has 0 rings (SSSR count). The molecular formula is C17H30O6. The molecule has 0 spiro atoms. The summed E-state index contributed by atoms with van der Waals surface area (Å²) in [6.07, 6.45) is 4.32. The molecule has 1 unspecified atom stereocenters. The average molecular weight is 330 g/mol. The molecule has 23 heavy (non-hydrogen) atoms. The van der Waals surface area contributed by atoms with Crippen LogP contribution in [0.1, 0.15) is 72.1 Å². The average Bonchev–Trinajstić information content (AvgIpc) is 2.50. The molecular weight excluding hydrogens is 300 g/mol. The lowest BCUT2D eigenvalue weighted by Gasteiger charge is -2.18. The maximum atomic E-state index is 11.6. The van der Waals surface area contributed by atoms with Gasteiger partial charge in [-0.2, -0.15) is 0 Å². The highest BCUT2D eigenvalue weighted by molar-refractivity contribution is 5.71. The molecule has 6 heteroatoms. The number of hydrogen-bond acceptors (Lipinski definition) is 6. The Morgan fingerprint density at radius 3 is 1.74 bits per heavy atom. The second kappa shape index (κ2) is 14.0. The van der Waals surface area contributed by atoms with Crippen LogP contribution in [-0.2, 0) is 28.6 Å². The van der Waals surface area contributed by atoms with Crippen molar-refractivity contribution in [2.45, 2.75) is 78.2 Å². The zero-order valence-electron chi connectivity index (χ0n) is 14.6. The van der Waals surface area contributed by atoms with E-state index in [0.717, 1.165) is 19.3 Å². The first kappa shape index (κ1) is 21.4. The second-order valence-corrected chi connectivity index (χ2v) is 5.44. The number of rotatable bonds is 13. The number of esters is 3. The summed E-state index contributed by atoms with van der Waals surface area (Å²) in [5.74, 6) is -1.06. The molecule has 0 amide bonds. The van der Waals surface area contributed by atoms with Crippen molar-refractivity contribution in [2.75, 3.05) is 13.2 Å². The number of carbonyl (C=O) groups is 3. The summed E-state index contributed by atoms with van der Waals surface area (Å²) in [6.45, 7) is 5.62. The topological polar surface area (TPSA) is 78.9 Å². The predicted molar refractivity (Wildman–Crippen MR) is 85.8 cm³/mol. The lowest BCUT2D eigenvalue weighted by molar-refractivity contribution is -0.166. The molecule has 0 aromatic heterocycles. The largest absolute Gasteiger partial charge is 0.462 e. The SMILES string of the molecule is CCCCCC(=O)OCC(COC(=O)CCC)OC(=O)CCC. The molecule has 0 aliphatic heterocycles. The molecule has 0 aromatic carbocycles. The molecule has 0 heterocycles. The molecule has 0 aliphatic rings. The van der Waals surface area contributed by atoms with E-state index in [4.69, 9.17) is 14.2 Å². The molecule has 1 atom stereocenters. The Bertz CT molecular complexity index is 353. The summed E-state index contributed by atoms with van der Waals surface area (Å²) in [5, 5.41) is 0. The third kappa shape index (κ3) is 12.6. The summed E-state index contributed by atoms with van der Waals surface area (Å²) in [6, 6.07) is 0. The van der Waals surface area contributed by atoms with Crippen molar-refractivity contribution in [3.05, 3.63) is 0 Å². The van der Waals surface area contributed by atoms with Gasteiger partial charge in [-0.25, -0.2) is 0 Å². The standard InChI is InChI=1S/C17H30O6/c1-4-7-8-11-16(19)22-13-14(23-17(20)10-6-3)12-21-15(18)9-5-2/h14H,4-13H2,1-3H3. The zero-order chi connectivity index (χ0) is 17.5. The van der Waals surface area contributed by atoms with Gasteiger partial charge in [0.05, 0.1) is 0 Å². The van der Waals surface area contributed by atoms with E-state index in [9.17, 15) is 14.4 Å². The summed E-state index contributed by atoms with van der Waals surface area (Å²) in [5.41, 5.74) is 0. The van der Waals surface area contributed by atoms with E-state index in [-0.39, 0.29) is 37.5 Å². The highest BCUT2D eigenvalue weighted by atomic mass is 16.6. The van der Waals surface area contributed by atoms with Crippen LogP contribution in [-0.4, -0.2) is 37.2 Å². The zero-order valence-corrected chi connectivity index (χ0v) is 14.6. The van der Waals surface area contributed by atoms with Crippen LogP contribution in [0.2, 0.25) is 0 Å². The second-order valence-electron chi connectivity index (χ2n) is 5.44. The molecule has 0 N–H and O–H groups in total. The maximum Gasteiger partial charge on any atom is 0.306 e. The van der Waals surface area contributed by atoms with Gasteiger partial charge in [0.1, 0.15) is 13.2 Å². The van der Waals surface area contributed by atoms with Gasteiger partial charge in [-0.3, -0.25) is 14.4 Å². The van der Waals surface area contributed by atoms with Gasteiger partial charge >= 0.3 is 17.9 Å². The molecule has 0 bridgehead atoms. The predicted octanol–water partition coefficient (Wildman–Crippen LogP) is 3.17. The molecule has 0 radical (unpaired) electrons. The fourth-order valence-corrected chi connectivity index (χ4v) is 1.80. The lowest BCUT2D eigenvalue weighted by Crippen LogP contribution is -2.30. The smallest absolute Gasteiger partial charge is 0.306 e. The fourth-order valence-electron chi connectivity index (χ4n) is 1.80. The summed E-state index contributed by atoms with van der Waals surface area (Å²) >= 11 is 0. The van der Waals surface area contributed by atoms with Gasteiger partial charge in [-0.15, -0.1) is 0 Å². The number of hydrogen-bond donors (Lipinski definition) is 0. The minimum absolute atomic E-state index is 0.0835. The highest BCUT2D eigenvalue weighted by Crippen LogP contribution is 2.05. The Labute approximate surface area is 138 Å². The van der Waals surface area contributed by atoms with E-state index in [1.807, 2.05) is 13.8 Å². The normalized spacial score (nSPS) is 11.6. The van der Waals surface area contributed by atoms with Crippen LogP contribution in [0, 0.1) is 0 Å². The highest BCUT2D eigenvalue weighted by Gasteiger charge is 2.18. The third-order valence-corrected chi connectivity index (χ3v) is 3.05. The number of carbonyl (C=O) groups excluding carboxylic acids is 3. The fraction of sp³-hybridized carbons (Fsp3) is 0.824. The Hall–Kier alpha value is -1.59. The van der Waals surface area contributed by atoms with Crippen LogP contribution in [0.5, 0.6) is 0 Å². The van der Waals surface area contributed by atoms with Gasteiger partial charge in [0, 0.05) is 19.3 Å². The number of unbranched alkanes of at least 4 members (excludes halogenated alkanes) is 2. The van der Waals surface area contributed by atoms with Gasteiger partial charge in [-0.05, 0) is 19.3 Å². The molecule has 0 aromatic rings. The molecule has 0 fully saturated rings. The third-order valence-electron chi connectivity index (χ3n) is 3.05. The van der Waals surface area contributed by atoms with Crippen molar-refractivity contribution in [3.63, 3.8) is 0 Å². The van der Waals surface area contributed by atoms with E-state index >= 15 is 0 Å². The molecule has 0 saturated heterocycles. The summed E-state index contributed by atoms with van der Waals surface area (Å²) in [7, 11) is 0. The van der Waals surface area contributed by atoms with Gasteiger partial charge in [0.25, 0.3) is 0 Å².